The smallest absolute Gasteiger partial charge is 0.241 e. The largest absolute Gasteiger partial charge is 0.491 e. The van der Waals surface area contributed by atoms with Gasteiger partial charge in [0, 0.05) is 44.1 Å². The van der Waals surface area contributed by atoms with Crippen molar-refractivity contribution in [3.63, 3.8) is 0 Å². The summed E-state index contributed by atoms with van der Waals surface area (Å²) in [6, 6.07) is 11.8. The predicted molar refractivity (Wildman–Crippen MR) is 134 cm³/mol. The van der Waals surface area contributed by atoms with Crippen LogP contribution in [-0.2, 0) is 4.79 Å². The first-order valence-electron chi connectivity index (χ1n) is 11.7. The van der Waals surface area contributed by atoms with Crippen molar-refractivity contribution >= 4 is 17.3 Å². The van der Waals surface area contributed by atoms with Gasteiger partial charge < -0.3 is 30.7 Å². The van der Waals surface area contributed by atoms with Gasteiger partial charge in [-0.2, -0.15) is 0 Å². The number of aliphatic hydroxyl groups is 1. The van der Waals surface area contributed by atoms with Gasteiger partial charge >= 0.3 is 0 Å². The normalized spacial score (nSPS) is 15.8. The van der Waals surface area contributed by atoms with Crippen molar-refractivity contribution in [3.05, 3.63) is 53.1 Å². The molecule has 1 heterocycles. The molecule has 7 nitrogen and oxygen atoms in total. The molecule has 1 saturated heterocycles. The third kappa shape index (κ3) is 6.62. The molecule has 0 bridgehead atoms. The minimum atomic E-state index is -0.543. The van der Waals surface area contributed by atoms with Crippen LogP contribution in [0.5, 0.6) is 5.75 Å². The number of piperidine rings is 1. The number of nitrogens with zero attached hydrogens (tertiary/aromatic N) is 2. The molecule has 0 saturated carbocycles. The molecule has 2 aromatic rings. The SMILES string of the molecule is Cc1cc(C)c(NCC(=O)N(C)C2CCN(CC(O)COc3ccccc3)CC2)c(C)c1N. The molecule has 0 aromatic heterocycles. The van der Waals surface area contributed by atoms with Gasteiger partial charge in [0.25, 0.3) is 0 Å². The minimum Gasteiger partial charge on any atom is -0.491 e. The standard InChI is InChI=1S/C26H38N4O3/c1-18-14-19(2)26(20(3)25(18)27)28-15-24(32)29(4)21-10-12-30(13-11-21)16-22(31)17-33-23-8-6-5-7-9-23/h5-9,14,21-22,28,31H,10-13,15-17,27H2,1-4H3. The topological polar surface area (TPSA) is 91.1 Å². The first-order chi connectivity index (χ1) is 15.8. The Balaban J connectivity index is 1.42. The zero-order chi connectivity index (χ0) is 24.0. The van der Waals surface area contributed by atoms with E-state index >= 15 is 0 Å². The highest BCUT2D eigenvalue weighted by molar-refractivity contribution is 5.82. The second-order valence-corrected chi connectivity index (χ2v) is 9.09. The lowest BCUT2D eigenvalue weighted by Crippen LogP contribution is -2.48. The number of carbonyl (C=O) groups is 1. The number of rotatable bonds is 9. The molecule has 1 amide bonds. The van der Waals surface area contributed by atoms with E-state index in [1.807, 2.05) is 69.1 Å². The number of likely N-dealkylation sites (N-methyl/N-ethyl adjacent to an activating group) is 1. The fourth-order valence-electron chi connectivity index (χ4n) is 4.51. The van der Waals surface area contributed by atoms with E-state index in [0.717, 1.165) is 59.7 Å². The summed E-state index contributed by atoms with van der Waals surface area (Å²) >= 11 is 0. The summed E-state index contributed by atoms with van der Waals surface area (Å²) < 4.78 is 5.65. The number of benzene rings is 2. The number of amides is 1. The maximum Gasteiger partial charge on any atom is 0.241 e. The van der Waals surface area contributed by atoms with Crippen LogP contribution in [0.2, 0.25) is 0 Å². The molecule has 0 radical (unpaired) electrons. The number of hydrogen-bond acceptors (Lipinski definition) is 6. The highest BCUT2D eigenvalue weighted by Gasteiger charge is 2.26. The number of ether oxygens (including phenoxy) is 1. The van der Waals surface area contributed by atoms with Crippen LogP contribution in [0.25, 0.3) is 0 Å². The molecule has 1 fully saturated rings. The molecule has 7 heteroatoms. The zero-order valence-electron chi connectivity index (χ0n) is 20.3. The van der Waals surface area contributed by atoms with Crippen molar-refractivity contribution in [1.29, 1.82) is 0 Å². The van der Waals surface area contributed by atoms with E-state index in [9.17, 15) is 9.90 Å². The lowest BCUT2D eigenvalue weighted by molar-refractivity contribution is -0.131. The Labute approximate surface area is 197 Å². The van der Waals surface area contributed by atoms with Crippen LogP contribution >= 0.6 is 0 Å². The number of hydrogen-bond donors (Lipinski definition) is 3. The van der Waals surface area contributed by atoms with Gasteiger partial charge in [-0.15, -0.1) is 0 Å². The number of aryl methyl sites for hydroxylation is 2. The lowest BCUT2D eigenvalue weighted by atomic mass is 10.0. The number of nitrogens with one attached hydrogen (secondary N) is 1. The molecule has 1 atom stereocenters. The number of nitrogens with two attached hydrogens (primary N) is 1. The molecule has 33 heavy (non-hydrogen) atoms. The van der Waals surface area contributed by atoms with E-state index in [1.165, 1.54) is 0 Å². The van der Waals surface area contributed by atoms with Gasteiger partial charge in [-0.25, -0.2) is 0 Å². The van der Waals surface area contributed by atoms with Gasteiger partial charge in [-0.1, -0.05) is 24.3 Å². The first-order valence-corrected chi connectivity index (χ1v) is 11.7. The molecule has 180 valence electrons. The van der Waals surface area contributed by atoms with Crippen molar-refractivity contribution in [2.45, 2.75) is 45.8 Å². The Morgan fingerprint density at radius 1 is 1.21 bits per heavy atom. The van der Waals surface area contributed by atoms with Crippen LogP contribution < -0.4 is 15.8 Å². The van der Waals surface area contributed by atoms with E-state index in [-0.39, 0.29) is 25.1 Å². The van der Waals surface area contributed by atoms with Crippen molar-refractivity contribution in [2.24, 2.45) is 0 Å². The Morgan fingerprint density at radius 2 is 1.88 bits per heavy atom. The second-order valence-electron chi connectivity index (χ2n) is 9.09. The molecule has 4 N–H and O–H groups in total. The van der Waals surface area contributed by atoms with E-state index in [1.54, 1.807) is 0 Å². The number of para-hydroxylation sites is 1. The molecular formula is C26H38N4O3. The molecule has 1 aliphatic heterocycles. The minimum absolute atomic E-state index is 0.0719. The van der Waals surface area contributed by atoms with E-state index in [4.69, 9.17) is 10.5 Å². The van der Waals surface area contributed by atoms with Crippen molar-refractivity contribution in [2.75, 3.05) is 50.9 Å². The number of likely N-dealkylation sites (tertiary alicyclic amines) is 1. The van der Waals surface area contributed by atoms with Gasteiger partial charge in [-0.05, 0) is 62.4 Å². The molecule has 2 aromatic carbocycles. The van der Waals surface area contributed by atoms with Gasteiger partial charge in [-0.3, -0.25) is 4.79 Å². The van der Waals surface area contributed by atoms with Gasteiger partial charge in [0.2, 0.25) is 5.91 Å². The van der Waals surface area contributed by atoms with E-state index in [2.05, 4.69) is 10.2 Å². The van der Waals surface area contributed by atoms with Crippen molar-refractivity contribution in [1.82, 2.24) is 9.80 Å². The Bertz CT molecular complexity index is 927. The highest BCUT2D eigenvalue weighted by Crippen LogP contribution is 2.28. The third-order valence-corrected chi connectivity index (χ3v) is 6.60. The Kier molecular flexibility index (Phi) is 8.58. The summed E-state index contributed by atoms with van der Waals surface area (Å²) in [5.74, 6) is 0.838. The van der Waals surface area contributed by atoms with Crippen LogP contribution in [0.15, 0.2) is 36.4 Å². The summed E-state index contributed by atoms with van der Waals surface area (Å²) in [6.45, 7) is 8.82. The van der Waals surface area contributed by atoms with E-state index in [0.29, 0.717) is 6.54 Å². The summed E-state index contributed by atoms with van der Waals surface area (Å²) in [7, 11) is 1.89. The Hall–Kier alpha value is -2.77. The second kappa shape index (κ2) is 11.4. The van der Waals surface area contributed by atoms with Crippen LogP contribution in [0.1, 0.15) is 29.5 Å². The first kappa shape index (κ1) is 24.9. The summed E-state index contributed by atoms with van der Waals surface area (Å²) in [4.78, 5) is 16.9. The van der Waals surface area contributed by atoms with Crippen molar-refractivity contribution < 1.29 is 14.6 Å². The molecule has 1 unspecified atom stereocenters. The quantitative estimate of drug-likeness (QED) is 0.505. The predicted octanol–water partition coefficient (Wildman–Crippen LogP) is 2.97. The van der Waals surface area contributed by atoms with Gasteiger partial charge in [0.15, 0.2) is 0 Å². The number of nitrogen functional groups attached to an aromatic ring is 1. The molecule has 3 rings (SSSR count). The average molecular weight is 455 g/mol. The molecular weight excluding hydrogens is 416 g/mol. The van der Waals surface area contributed by atoms with Crippen LogP contribution in [0.4, 0.5) is 11.4 Å². The molecule has 0 aliphatic carbocycles. The van der Waals surface area contributed by atoms with Crippen LogP contribution in [0.3, 0.4) is 0 Å². The van der Waals surface area contributed by atoms with Gasteiger partial charge in [0.05, 0.1) is 6.54 Å². The lowest BCUT2D eigenvalue weighted by Gasteiger charge is -2.37. The number of β-amino-alcohol motifs (C(OH)–C–C–N with tert-alkyl or cyclic N) is 1. The molecule has 1 aliphatic rings. The average Bonchev–Trinajstić information content (AvgIpc) is 2.82. The summed E-state index contributed by atoms with van der Waals surface area (Å²) in [5.41, 5.74) is 11.0. The Morgan fingerprint density at radius 3 is 2.55 bits per heavy atom. The third-order valence-electron chi connectivity index (χ3n) is 6.60. The molecule has 0 spiro atoms. The fourth-order valence-corrected chi connectivity index (χ4v) is 4.51. The summed E-state index contributed by atoms with van der Waals surface area (Å²) in [6.07, 6.45) is 1.24. The maximum atomic E-state index is 12.8. The van der Waals surface area contributed by atoms with Crippen LogP contribution in [0, 0.1) is 20.8 Å². The van der Waals surface area contributed by atoms with E-state index < -0.39 is 6.10 Å². The monoisotopic (exact) mass is 454 g/mol. The fraction of sp³-hybridized carbons (Fsp3) is 0.500. The number of carbonyl (C=O) groups excluding carboxylic acids is 1. The summed E-state index contributed by atoms with van der Waals surface area (Å²) in [5, 5.41) is 13.6. The number of aliphatic hydroxyl groups excluding tert-OH is 1. The highest BCUT2D eigenvalue weighted by atomic mass is 16.5. The number of anilines is 2. The maximum absolute atomic E-state index is 12.8. The zero-order valence-corrected chi connectivity index (χ0v) is 20.3. The van der Waals surface area contributed by atoms with Crippen LogP contribution in [-0.4, -0.2) is 72.8 Å². The van der Waals surface area contributed by atoms with Gasteiger partial charge in [0.1, 0.15) is 18.5 Å². The van der Waals surface area contributed by atoms with Crippen molar-refractivity contribution in [3.8, 4) is 5.75 Å².